The van der Waals surface area contributed by atoms with E-state index in [0.29, 0.717) is 12.6 Å². The van der Waals surface area contributed by atoms with Crippen LogP contribution in [0.3, 0.4) is 0 Å². The average Bonchev–Trinajstić information content (AvgIpc) is 3.65. The number of rotatable bonds is 9. The van der Waals surface area contributed by atoms with E-state index >= 15 is 0 Å². The van der Waals surface area contributed by atoms with Gasteiger partial charge in [0.15, 0.2) is 5.65 Å². The van der Waals surface area contributed by atoms with Crippen molar-refractivity contribution in [1.82, 2.24) is 19.5 Å². The molecule has 0 unspecified atom stereocenters. The number of hydrogen-bond donors (Lipinski definition) is 1. The molecule has 7 heteroatoms. The molecule has 3 heterocycles. The predicted octanol–water partition coefficient (Wildman–Crippen LogP) is 6.36. The fourth-order valence-corrected chi connectivity index (χ4v) is 5.02. The Labute approximate surface area is 222 Å². The van der Waals surface area contributed by atoms with Gasteiger partial charge in [0.1, 0.15) is 18.1 Å². The molecule has 0 bridgehead atoms. The van der Waals surface area contributed by atoms with Crippen LogP contribution in [-0.4, -0.2) is 46.3 Å². The Morgan fingerprint density at radius 2 is 1.55 bits per heavy atom. The van der Waals surface area contributed by atoms with Gasteiger partial charge in [-0.05, 0) is 92.2 Å². The standard InChI is InChI=1S/C31H31N5O2/c1-37-26-16-12-24(13-17-26)28-10-7-11-30-33-31(34-36(28)30)32-25-14-18-27(19-15-25)38-22-29(35-20-5-6-21-35)23-8-3-2-4-9-23/h2-4,7-19,29H,5-6,20-22H2,1H3,(H,32,34)/t29-/m0/s1. The topological polar surface area (TPSA) is 63.9 Å². The Hall–Kier alpha value is -4.36. The van der Waals surface area contributed by atoms with Gasteiger partial charge in [0.2, 0.25) is 5.95 Å². The van der Waals surface area contributed by atoms with Gasteiger partial charge in [-0.2, -0.15) is 4.98 Å². The highest BCUT2D eigenvalue weighted by molar-refractivity contribution is 5.65. The summed E-state index contributed by atoms with van der Waals surface area (Å²) in [7, 11) is 1.67. The van der Waals surface area contributed by atoms with Crippen LogP contribution in [0.2, 0.25) is 0 Å². The highest BCUT2D eigenvalue weighted by Crippen LogP contribution is 2.28. The number of fused-ring (bicyclic) bond motifs is 1. The van der Waals surface area contributed by atoms with Crippen molar-refractivity contribution in [3.05, 3.63) is 103 Å². The number of pyridine rings is 1. The number of benzene rings is 3. The zero-order chi connectivity index (χ0) is 25.7. The number of methoxy groups -OCH3 is 1. The monoisotopic (exact) mass is 505 g/mol. The summed E-state index contributed by atoms with van der Waals surface area (Å²) in [4.78, 5) is 7.20. The van der Waals surface area contributed by atoms with Gasteiger partial charge in [-0.15, -0.1) is 5.10 Å². The lowest BCUT2D eigenvalue weighted by Gasteiger charge is -2.28. The maximum Gasteiger partial charge on any atom is 0.247 e. The molecule has 6 rings (SSSR count). The highest BCUT2D eigenvalue weighted by atomic mass is 16.5. The molecular weight excluding hydrogens is 474 g/mol. The first kappa shape index (κ1) is 24.0. The lowest BCUT2D eigenvalue weighted by atomic mass is 10.1. The van der Waals surface area contributed by atoms with Gasteiger partial charge in [-0.1, -0.05) is 36.4 Å². The van der Waals surface area contributed by atoms with Crippen molar-refractivity contribution in [3.63, 3.8) is 0 Å². The first-order valence-corrected chi connectivity index (χ1v) is 13.1. The Morgan fingerprint density at radius 1 is 0.816 bits per heavy atom. The maximum atomic E-state index is 6.26. The molecule has 192 valence electrons. The molecular formula is C31H31N5O2. The second kappa shape index (κ2) is 10.9. The van der Waals surface area contributed by atoms with Gasteiger partial charge < -0.3 is 14.8 Å². The molecule has 38 heavy (non-hydrogen) atoms. The largest absolute Gasteiger partial charge is 0.497 e. The minimum absolute atomic E-state index is 0.263. The first-order chi connectivity index (χ1) is 18.8. The molecule has 0 amide bonds. The summed E-state index contributed by atoms with van der Waals surface area (Å²) < 4.78 is 13.4. The number of aromatic nitrogens is 3. The van der Waals surface area contributed by atoms with Crippen molar-refractivity contribution in [2.75, 3.05) is 32.1 Å². The minimum atomic E-state index is 0.263. The van der Waals surface area contributed by atoms with Gasteiger partial charge in [0, 0.05) is 11.3 Å². The zero-order valence-corrected chi connectivity index (χ0v) is 21.5. The van der Waals surface area contributed by atoms with Gasteiger partial charge in [0.25, 0.3) is 0 Å². The van der Waals surface area contributed by atoms with Crippen molar-refractivity contribution >= 4 is 17.3 Å². The highest BCUT2D eigenvalue weighted by Gasteiger charge is 2.24. The third-order valence-corrected chi connectivity index (χ3v) is 7.03. The predicted molar refractivity (Wildman–Crippen MR) is 150 cm³/mol. The minimum Gasteiger partial charge on any atom is -0.497 e. The summed E-state index contributed by atoms with van der Waals surface area (Å²) in [6.45, 7) is 2.87. The molecule has 1 aliphatic rings. The molecule has 5 aromatic rings. The van der Waals surface area contributed by atoms with Crippen LogP contribution < -0.4 is 14.8 Å². The van der Waals surface area contributed by atoms with E-state index in [1.165, 1.54) is 18.4 Å². The molecule has 0 aliphatic carbocycles. The van der Waals surface area contributed by atoms with E-state index in [1.807, 2.05) is 71.2 Å². The van der Waals surface area contributed by atoms with Crippen LogP contribution in [0.15, 0.2) is 97.1 Å². The van der Waals surface area contributed by atoms with E-state index in [4.69, 9.17) is 14.6 Å². The summed E-state index contributed by atoms with van der Waals surface area (Å²) in [6.07, 6.45) is 2.50. The lowest BCUT2D eigenvalue weighted by molar-refractivity contribution is 0.161. The second-order valence-corrected chi connectivity index (χ2v) is 9.47. The van der Waals surface area contributed by atoms with Crippen molar-refractivity contribution < 1.29 is 9.47 Å². The van der Waals surface area contributed by atoms with Gasteiger partial charge >= 0.3 is 0 Å². The van der Waals surface area contributed by atoms with E-state index in [1.54, 1.807) is 7.11 Å². The summed E-state index contributed by atoms with van der Waals surface area (Å²) in [5, 5.41) is 8.04. The van der Waals surface area contributed by atoms with E-state index < -0.39 is 0 Å². The number of hydrogen-bond acceptors (Lipinski definition) is 6. The van der Waals surface area contributed by atoms with Crippen LogP contribution in [-0.2, 0) is 0 Å². The number of nitrogens with zero attached hydrogens (tertiary/aromatic N) is 4. The summed E-state index contributed by atoms with van der Waals surface area (Å²) in [6, 6.07) is 32.8. The van der Waals surface area contributed by atoms with E-state index in [0.717, 1.165) is 47.2 Å². The smallest absolute Gasteiger partial charge is 0.247 e. The fourth-order valence-electron chi connectivity index (χ4n) is 5.02. The molecule has 1 aliphatic heterocycles. The van der Waals surface area contributed by atoms with E-state index in [2.05, 4.69) is 45.5 Å². The molecule has 2 aromatic heterocycles. The third kappa shape index (κ3) is 5.19. The summed E-state index contributed by atoms with van der Waals surface area (Å²) in [5.41, 5.74) is 4.98. The summed E-state index contributed by atoms with van der Waals surface area (Å²) in [5.74, 6) is 2.21. The third-order valence-electron chi connectivity index (χ3n) is 7.03. The summed E-state index contributed by atoms with van der Waals surface area (Å²) >= 11 is 0. The molecule has 0 radical (unpaired) electrons. The van der Waals surface area contributed by atoms with Crippen LogP contribution >= 0.6 is 0 Å². The number of anilines is 2. The van der Waals surface area contributed by atoms with Crippen LogP contribution in [0, 0.1) is 0 Å². The molecule has 0 saturated carbocycles. The Balaban J connectivity index is 1.14. The van der Waals surface area contributed by atoms with Gasteiger partial charge in [0.05, 0.1) is 18.8 Å². The molecule has 3 aromatic carbocycles. The molecule has 1 atom stereocenters. The molecule has 1 fully saturated rings. The Morgan fingerprint density at radius 3 is 2.29 bits per heavy atom. The second-order valence-electron chi connectivity index (χ2n) is 9.47. The first-order valence-electron chi connectivity index (χ1n) is 13.1. The molecule has 1 saturated heterocycles. The van der Waals surface area contributed by atoms with Crippen molar-refractivity contribution in [2.45, 2.75) is 18.9 Å². The fraction of sp³-hybridized carbons (Fsp3) is 0.226. The molecule has 0 spiro atoms. The van der Waals surface area contributed by atoms with Crippen LogP contribution in [0.4, 0.5) is 11.6 Å². The van der Waals surface area contributed by atoms with Crippen molar-refractivity contribution in [2.24, 2.45) is 0 Å². The number of likely N-dealkylation sites (tertiary alicyclic amines) is 1. The van der Waals surface area contributed by atoms with Crippen LogP contribution in [0.5, 0.6) is 11.5 Å². The SMILES string of the molecule is COc1ccc(-c2cccc3nc(Nc4ccc(OC[C@@H](c5ccccc5)N5CCCC5)cc4)nn23)cc1. The van der Waals surface area contributed by atoms with E-state index in [-0.39, 0.29) is 6.04 Å². The quantitative estimate of drug-likeness (QED) is 0.251. The lowest BCUT2D eigenvalue weighted by Crippen LogP contribution is -2.30. The molecule has 1 N–H and O–H groups in total. The van der Waals surface area contributed by atoms with Crippen molar-refractivity contribution in [3.8, 4) is 22.8 Å². The van der Waals surface area contributed by atoms with Gasteiger partial charge in [-0.3, -0.25) is 4.90 Å². The Bertz CT molecular complexity index is 1480. The average molecular weight is 506 g/mol. The normalized spacial score (nSPS) is 14.4. The van der Waals surface area contributed by atoms with E-state index in [9.17, 15) is 0 Å². The number of ether oxygens (including phenoxy) is 2. The van der Waals surface area contributed by atoms with Crippen LogP contribution in [0.1, 0.15) is 24.4 Å². The van der Waals surface area contributed by atoms with Crippen LogP contribution in [0.25, 0.3) is 16.9 Å². The maximum absolute atomic E-state index is 6.26. The Kier molecular flexibility index (Phi) is 6.91. The van der Waals surface area contributed by atoms with Gasteiger partial charge in [-0.25, -0.2) is 4.52 Å². The zero-order valence-electron chi connectivity index (χ0n) is 21.5. The number of nitrogens with one attached hydrogen (secondary N) is 1. The molecule has 7 nitrogen and oxygen atoms in total. The van der Waals surface area contributed by atoms with Crippen molar-refractivity contribution in [1.29, 1.82) is 0 Å².